The van der Waals surface area contributed by atoms with Crippen LogP contribution >= 0.6 is 11.3 Å². The fourth-order valence-corrected chi connectivity index (χ4v) is 5.03. The zero-order valence-electron chi connectivity index (χ0n) is 18.5. The average Bonchev–Trinajstić information content (AvgIpc) is 3.14. The van der Waals surface area contributed by atoms with Crippen LogP contribution in [0.15, 0.2) is 41.4 Å². The van der Waals surface area contributed by atoms with Crippen LogP contribution in [0.5, 0.6) is 0 Å². The van der Waals surface area contributed by atoms with Crippen molar-refractivity contribution in [2.75, 3.05) is 24.6 Å². The van der Waals surface area contributed by atoms with Crippen LogP contribution in [0.25, 0.3) is 10.2 Å². The molecule has 0 bridgehead atoms. The van der Waals surface area contributed by atoms with Gasteiger partial charge in [-0.2, -0.15) is 4.99 Å². The van der Waals surface area contributed by atoms with Gasteiger partial charge in [-0.1, -0.05) is 11.3 Å². The number of rotatable bonds is 6. The highest BCUT2D eigenvalue weighted by Crippen LogP contribution is 2.31. The zero-order valence-corrected chi connectivity index (χ0v) is 19.3. The van der Waals surface area contributed by atoms with E-state index in [9.17, 15) is 24.1 Å². The number of carbonyl (C=O) groups is 2. The number of hydrogen-bond donors (Lipinski definition) is 0. The third-order valence-electron chi connectivity index (χ3n) is 5.55. The van der Waals surface area contributed by atoms with Crippen molar-refractivity contribution in [1.82, 2.24) is 4.57 Å². The summed E-state index contributed by atoms with van der Waals surface area (Å²) in [5.41, 5.74) is 0.910. The quantitative estimate of drug-likeness (QED) is 0.296. The van der Waals surface area contributed by atoms with E-state index in [1.165, 1.54) is 34.9 Å². The van der Waals surface area contributed by atoms with E-state index in [2.05, 4.69) is 4.99 Å². The van der Waals surface area contributed by atoms with Crippen LogP contribution in [0.2, 0.25) is 0 Å². The number of thiazole rings is 1. The largest absolute Gasteiger partial charge is 0.465 e. The first kappa shape index (κ1) is 23.6. The second-order valence-electron chi connectivity index (χ2n) is 7.81. The Hall–Kier alpha value is -3.60. The Morgan fingerprint density at radius 3 is 2.65 bits per heavy atom. The number of nitro benzene ring substituents is 1. The maximum absolute atomic E-state index is 13.7. The normalized spacial score (nSPS) is 14.4. The van der Waals surface area contributed by atoms with Crippen LogP contribution in [0.3, 0.4) is 0 Å². The molecule has 1 amide bonds. The molecular formula is C23H23FN4O5S. The van der Waals surface area contributed by atoms with Gasteiger partial charge >= 0.3 is 5.97 Å². The monoisotopic (exact) mass is 486 g/mol. The van der Waals surface area contributed by atoms with Crippen LogP contribution in [-0.4, -0.2) is 41.1 Å². The van der Waals surface area contributed by atoms with Crippen molar-refractivity contribution in [3.05, 3.63) is 62.7 Å². The molecule has 4 rings (SSSR count). The van der Waals surface area contributed by atoms with Crippen molar-refractivity contribution in [3.63, 3.8) is 0 Å². The third kappa shape index (κ3) is 4.98. The molecule has 0 N–H and O–H groups in total. The molecule has 0 atom stereocenters. The van der Waals surface area contributed by atoms with E-state index in [1.807, 2.05) is 4.90 Å². The van der Waals surface area contributed by atoms with Crippen molar-refractivity contribution >= 4 is 44.8 Å². The lowest BCUT2D eigenvalue weighted by Gasteiger charge is -2.28. The van der Waals surface area contributed by atoms with Crippen molar-refractivity contribution in [2.45, 2.75) is 32.7 Å². The second kappa shape index (κ2) is 10.1. The summed E-state index contributed by atoms with van der Waals surface area (Å²) in [4.78, 5) is 42.6. The van der Waals surface area contributed by atoms with Gasteiger partial charge in [0, 0.05) is 24.7 Å². The van der Waals surface area contributed by atoms with Gasteiger partial charge in [0.1, 0.15) is 18.0 Å². The molecule has 178 valence electrons. The maximum atomic E-state index is 13.7. The molecule has 9 nitrogen and oxygen atoms in total. The first-order valence-corrected chi connectivity index (χ1v) is 11.8. The smallest absolute Gasteiger partial charge is 0.326 e. The number of hydrogen-bond acceptors (Lipinski definition) is 7. The molecule has 0 saturated carbocycles. The predicted molar refractivity (Wildman–Crippen MR) is 125 cm³/mol. The number of halogens is 1. The highest BCUT2D eigenvalue weighted by Gasteiger charge is 2.23. The third-order valence-corrected chi connectivity index (χ3v) is 6.59. The second-order valence-corrected chi connectivity index (χ2v) is 8.82. The van der Waals surface area contributed by atoms with E-state index in [0.29, 0.717) is 15.9 Å². The van der Waals surface area contributed by atoms with Gasteiger partial charge < -0.3 is 14.2 Å². The van der Waals surface area contributed by atoms with Gasteiger partial charge in [-0.05, 0) is 56.5 Å². The minimum Gasteiger partial charge on any atom is -0.465 e. The summed E-state index contributed by atoms with van der Waals surface area (Å²) in [6, 6.07) is 8.39. The number of fused-ring (bicyclic) bond motifs is 1. The summed E-state index contributed by atoms with van der Waals surface area (Å²) in [5.74, 6) is -1.68. The fraction of sp³-hybridized carbons (Fsp3) is 0.348. The van der Waals surface area contributed by atoms with E-state index >= 15 is 0 Å². The molecule has 1 aliphatic rings. The van der Waals surface area contributed by atoms with Crippen molar-refractivity contribution in [2.24, 2.45) is 4.99 Å². The highest BCUT2D eigenvalue weighted by molar-refractivity contribution is 7.16. The van der Waals surface area contributed by atoms with Crippen LogP contribution in [0.4, 0.5) is 15.8 Å². The minimum atomic E-state index is -0.696. The number of esters is 1. The maximum Gasteiger partial charge on any atom is 0.326 e. The summed E-state index contributed by atoms with van der Waals surface area (Å²) >= 11 is 1.04. The molecule has 0 spiro atoms. The number of nitrogens with zero attached hydrogens (tertiary/aromatic N) is 4. The average molecular weight is 487 g/mol. The molecule has 3 aromatic rings. The highest BCUT2D eigenvalue weighted by atomic mass is 32.1. The molecule has 1 aliphatic heterocycles. The Morgan fingerprint density at radius 1 is 1.18 bits per heavy atom. The number of aromatic nitrogens is 1. The van der Waals surface area contributed by atoms with E-state index in [4.69, 9.17) is 4.74 Å². The first-order chi connectivity index (χ1) is 16.4. The Bertz CT molecular complexity index is 1330. The van der Waals surface area contributed by atoms with E-state index in [1.54, 1.807) is 13.0 Å². The molecule has 11 heteroatoms. The van der Waals surface area contributed by atoms with Crippen LogP contribution in [0.1, 0.15) is 36.5 Å². The molecule has 34 heavy (non-hydrogen) atoms. The van der Waals surface area contributed by atoms with Gasteiger partial charge in [0.2, 0.25) is 0 Å². The molecule has 0 aliphatic carbocycles. The van der Waals surface area contributed by atoms with Crippen molar-refractivity contribution < 1.29 is 23.6 Å². The summed E-state index contributed by atoms with van der Waals surface area (Å²) in [6.07, 6.45) is 3.00. The minimum absolute atomic E-state index is 0.0544. The van der Waals surface area contributed by atoms with Gasteiger partial charge in [-0.25, -0.2) is 4.39 Å². The Labute approximate surface area is 198 Å². The molecule has 2 aromatic carbocycles. The number of benzene rings is 2. The SMILES string of the molecule is CCOC(=O)Cn1c(=NC(=O)c2ccc(N3CCCCC3)c([N+](=O)[O-])c2)sc2cc(F)ccc21. The molecule has 1 aromatic heterocycles. The topological polar surface area (TPSA) is 107 Å². The predicted octanol–water partition coefficient (Wildman–Crippen LogP) is 4.04. The summed E-state index contributed by atoms with van der Waals surface area (Å²) < 4.78 is 20.7. The lowest BCUT2D eigenvalue weighted by molar-refractivity contribution is -0.384. The Balaban J connectivity index is 1.74. The molecular weight excluding hydrogens is 463 g/mol. The fourth-order valence-electron chi connectivity index (χ4n) is 3.98. The summed E-state index contributed by atoms with van der Waals surface area (Å²) in [5, 5.41) is 11.7. The van der Waals surface area contributed by atoms with Gasteiger partial charge in [0.15, 0.2) is 4.80 Å². The van der Waals surface area contributed by atoms with E-state index in [-0.39, 0.29) is 29.2 Å². The number of nitro groups is 1. The van der Waals surface area contributed by atoms with E-state index in [0.717, 1.165) is 43.7 Å². The van der Waals surface area contributed by atoms with Crippen LogP contribution < -0.4 is 9.70 Å². The van der Waals surface area contributed by atoms with Gasteiger partial charge in [0.05, 0.1) is 21.7 Å². The number of amides is 1. The Morgan fingerprint density at radius 2 is 1.94 bits per heavy atom. The number of anilines is 1. The van der Waals surface area contributed by atoms with Crippen LogP contribution in [-0.2, 0) is 16.1 Å². The number of carbonyl (C=O) groups excluding carboxylic acids is 2. The molecule has 1 saturated heterocycles. The summed E-state index contributed by atoms with van der Waals surface area (Å²) in [6.45, 7) is 3.11. The van der Waals surface area contributed by atoms with E-state index < -0.39 is 22.6 Å². The van der Waals surface area contributed by atoms with Crippen molar-refractivity contribution in [3.8, 4) is 0 Å². The molecule has 2 heterocycles. The van der Waals surface area contributed by atoms with Crippen LogP contribution in [0, 0.1) is 15.9 Å². The zero-order chi connectivity index (χ0) is 24.2. The Kier molecular flexibility index (Phi) is 7.01. The van der Waals surface area contributed by atoms with Gasteiger partial charge in [-0.15, -0.1) is 0 Å². The molecule has 0 radical (unpaired) electrons. The standard InChI is InChI=1S/C23H23FN4O5S/c1-2-33-21(29)14-27-18-9-7-16(24)13-20(18)34-23(27)25-22(30)15-6-8-17(19(12-15)28(31)32)26-10-4-3-5-11-26/h6-9,12-13H,2-5,10-11,14H2,1H3. The lowest BCUT2D eigenvalue weighted by atomic mass is 10.1. The van der Waals surface area contributed by atoms with Gasteiger partial charge in [-0.3, -0.25) is 19.7 Å². The van der Waals surface area contributed by atoms with Crippen molar-refractivity contribution in [1.29, 1.82) is 0 Å². The molecule has 0 unspecified atom stereocenters. The van der Waals surface area contributed by atoms with Gasteiger partial charge in [0.25, 0.3) is 11.6 Å². The number of piperidine rings is 1. The number of ether oxygens (including phenoxy) is 1. The first-order valence-electron chi connectivity index (χ1n) is 10.9. The summed E-state index contributed by atoms with van der Waals surface area (Å²) in [7, 11) is 0. The lowest BCUT2D eigenvalue weighted by Crippen LogP contribution is -2.30. The molecule has 1 fully saturated rings.